The first-order chi connectivity index (χ1) is 15.3. The van der Waals surface area contributed by atoms with Crippen molar-refractivity contribution < 1.29 is 24.5 Å². The van der Waals surface area contributed by atoms with E-state index in [0.717, 1.165) is 18.7 Å². The van der Waals surface area contributed by atoms with Gasteiger partial charge in [-0.25, -0.2) is 0 Å². The number of rotatable bonds is 8. The van der Waals surface area contributed by atoms with E-state index in [1.165, 1.54) is 11.0 Å². The Hall–Kier alpha value is -3.32. The van der Waals surface area contributed by atoms with Crippen molar-refractivity contribution in [1.82, 2.24) is 9.80 Å². The van der Waals surface area contributed by atoms with Crippen LogP contribution in [0.4, 0.5) is 0 Å². The molecule has 7 nitrogen and oxygen atoms in total. The minimum Gasteiger partial charge on any atom is -0.507 e. The van der Waals surface area contributed by atoms with Crippen LogP contribution in [0.1, 0.15) is 36.6 Å². The fourth-order valence-electron chi connectivity index (χ4n) is 4.04. The fourth-order valence-corrected chi connectivity index (χ4v) is 4.04. The van der Waals surface area contributed by atoms with Crippen LogP contribution in [0.3, 0.4) is 0 Å². The molecule has 2 aromatic rings. The Kier molecular flexibility index (Phi) is 7.20. The number of nitrogens with zero attached hydrogens (tertiary/aromatic N) is 2. The zero-order chi connectivity index (χ0) is 23.4. The smallest absolute Gasteiger partial charge is 0.295 e. The summed E-state index contributed by atoms with van der Waals surface area (Å²) in [6, 6.07) is 11.1. The first kappa shape index (κ1) is 23.3. The zero-order valence-corrected chi connectivity index (χ0v) is 19.0. The van der Waals surface area contributed by atoms with Crippen molar-refractivity contribution >= 4 is 17.4 Å². The Morgan fingerprint density at radius 2 is 1.84 bits per heavy atom. The molecule has 0 aromatic heterocycles. The third-order valence-electron chi connectivity index (χ3n) is 5.91. The molecule has 0 saturated carbocycles. The lowest BCUT2D eigenvalue weighted by Crippen LogP contribution is -2.38. The summed E-state index contributed by atoms with van der Waals surface area (Å²) in [4.78, 5) is 29.8. The number of aromatic hydroxyl groups is 1. The average Bonchev–Trinajstić information content (AvgIpc) is 3.05. The molecule has 0 bridgehead atoms. The Bertz CT molecular complexity index is 1040. The Balaban J connectivity index is 2.16. The van der Waals surface area contributed by atoms with Gasteiger partial charge in [0.15, 0.2) is 0 Å². The molecular formula is C25H30N2O5. The molecule has 32 heavy (non-hydrogen) atoms. The van der Waals surface area contributed by atoms with Gasteiger partial charge in [-0.2, -0.15) is 0 Å². The number of hydrogen-bond acceptors (Lipinski definition) is 6. The van der Waals surface area contributed by atoms with Gasteiger partial charge in [-0.3, -0.25) is 9.59 Å². The highest BCUT2D eigenvalue weighted by atomic mass is 16.5. The van der Waals surface area contributed by atoms with Gasteiger partial charge in [0.2, 0.25) is 0 Å². The van der Waals surface area contributed by atoms with E-state index >= 15 is 0 Å². The Morgan fingerprint density at radius 3 is 2.50 bits per heavy atom. The van der Waals surface area contributed by atoms with Gasteiger partial charge in [0.1, 0.15) is 17.3 Å². The number of aliphatic hydroxyl groups excluding tert-OH is 1. The van der Waals surface area contributed by atoms with Gasteiger partial charge >= 0.3 is 0 Å². The van der Waals surface area contributed by atoms with Crippen molar-refractivity contribution in [2.75, 3.05) is 33.3 Å². The van der Waals surface area contributed by atoms with Crippen LogP contribution in [0.2, 0.25) is 0 Å². The van der Waals surface area contributed by atoms with Crippen LogP contribution in [-0.4, -0.2) is 65.0 Å². The highest BCUT2D eigenvalue weighted by molar-refractivity contribution is 6.46. The topological polar surface area (TPSA) is 90.3 Å². The fraction of sp³-hybridized carbons (Fsp3) is 0.360. The number of benzene rings is 2. The highest BCUT2D eigenvalue weighted by Crippen LogP contribution is 2.41. The van der Waals surface area contributed by atoms with Crippen molar-refractivity contribution in [2.45, 2.75) is 26.8 Å². The number of likely N-dealkylation sites (N-methyl/N-ethyl adjacent to an activating group) is 1. The molecule has 0 spiro atoms. The van der Waals surface area contributed by atoms with Gasteiger partial charge in [-0.15, -0.1) is 0 Å². The molecule has 2 N–H and O–H groups in total. The summed E-state index contributed by atoms with van der Waals surface area (Å²) in [6.45, 7) is 8.46. The number of phenols is 1. The monoisotopic (exact) mass is 438 g/mol. The van der Waals surface area contributed by atoms with E-state index in [1.807, 2.05) is 20.8 Å². The number of hydrogen-bond donors (Lipinski definition) is 2. The SMILES string of the molecule is CCN(CC)CCN1C(=O)C(=O)C(=C(O)c2cc(C)ccc2O)C1c1cccc(OC)c1. The van der Waals surface area contributed by atoms with Gasteiger partial charge in [0.05, 0.1) is 24.3 Å². The molecule has 1 fully saturated rings. The molecule has 1 aliphatic heterocycles. The largest absolute Gasteiger partial charge is 0.507 e. The average molecular weight is 439 g/mol. The maximum atomic E-state index is 13.1. The summed E-state index contributed by atoms with van der Waals surface area (Å²) in [5, 5.41) is 21.5. The number of ether oxygens (including phenoxy) is 1. The quantitative estimate of drug-likeness (QED) is 0.373. The molecule has 7 heteroatoms. The summed E-state index contributed by atoms with van der Waals surface area (Å²) >= 11 is 0. The number of Topliss-reactive ketones (excluding diaryl/α,β-unsaturated/α-hetero) is 1. The van der Waals surface area contributed by atoms with Crippen molar-refractivity contribution in [2.24, 2.45) is 0 Å². The first-order valence-corrected chi connectivity index (χ1v) is 10.8. The number of aryl methyl sites for hydroxylation is 1. The van der Waals surface area contributed by atoms with E-state index < -0.39 is 17.7 Å². The van der Waals surface area contributed by atoms with Crippen LogP contribution in [0.25, 0.3) is 5.76 Å². The number of aliphatic hydroxyl groups is 1. The van der Waals surface area contributed by atoms with E-state index in [2.05, 4.69) is 4.90 Å². The van der Waals surface area contributed by atoms with Crippen LogP contribution in [0.5, 0.6) is 11.5 Å². The van der Waals surface area contributed by atoms with Gasteiger partial charge in [-0.05, 0) is 49.8 Å². The van der Waals surface area contributed by atoms with E-state index in [4.69, 9.17) is 4.74 Å². The highest BCUT2D eigenvalue weighted by Gasteiger charge is 2.46. The van der Waals surface area contributed by atoms with Crippen LogP contribution in [0.15, 0.2) is 48.0 Å². The van der Waals surface area contributed by atoms with Crippen LogP contribution < -0.4 is 4.74 Å². The second-order valence-electron chi connectivity index (χ2n) is 7.82. The van der Waals surface area contributed by atoms with Crippen molar-refractivity contribution in [1.29, 1.82) is 0 Å². The van der Waals surface area contributed by atoms with Crippen molar-refractivity contribution in [3.05, 3.63) is 64.7 Å². The van der Waals surface area contributed by atoms with Gasteiger partial charge in [-0.1, -0.05) is 37.6 Å². The number of phenolic OH excluding ortho intramolecular Hbond substituents is 1. The van der Waals surface area contributed by atoms with E-state index in [9.17, 15) is 19.8 Å². The number of ketones is 1. The molecule has 1 heterocycles. The predicted octanol–water partition coefficient (Wildman–Crippen LogP) is 3.47. The molecule has 1 atom stereocenters. The minimum absolute atomic E-state index is 0.0382. The third kappa shape index (κ3) is 4.48. The standard InChI is InChI=1S/C25H30N2O5/c1-5-26(6-2)12-13-27-22(17-8-7-9-18(15-17)32-4)21(24(30)25(27)31)23(29)19-14-16(3)10-11-20(19)28/h7-11,14-15,22,28-29H,5-6,12-13H2,1-4H3. The van der Waals surface area contributed by atoms with E-state index in [-0.39, 0.29) is 22.6 Å². The minimum atomic E-state index is -0.791. The predicted molar refractivity (Wildman–Crippen MR) is 123 cm³/mol. The first-order valence-electron chi connectivity index (χ1n) is 10.8. The molecule has 1 amide bonds. The third-order valence-corrected chi connectivity index (χ3v) is 5.91. The second kappa shape index (κ2) is 9.87. The number of methoxy groups -OCH3 is 1. The van der Waals surface area contributed by atoms with Crippen molar-refractivity contribution in [3.8, 4) is 11.5 Å². The van der Waals surface area contributed by atoms with Gasteiger partial charge < -0.3 is 24.7 Å². The molecule has 2 aromatic carbocycles. The molecule has 3 rings (SSSR count). The summed E-state index contributed by atoms with van der Waals surface area (Å²) < 4.78 is 5.34. The maximum absolute atomic E-state index is 13.1. The second-order valence-corrected chi connectivity index (χ2v) is 7.82. The lowest BCUT2D eigenvalue weighted by atomic mass is 9.94. The number of carbonyl (C=O) groups excluding carboxylic acids is 2. The van der Waals surface area contributed by atoms with Crippen LogP contribution in [-0.2, 0) is 9.59 Å². The van der Waals surface area contributed by atoms with Gasteiger partial charge in [0, 0.05) is 13.1 Å². The molecule has 0 aliphatic carbocycles. The van der Waals surface area contributed by atoms with E-state index in [0.29, 0.717) is 24.4 Å². The molecule has 0 radical (unpaired) electrons. The molecule has 1 saturated heterocycles. The van der Waals surface area contributed by atoms with E-state index in [1.54, 1.807) is 43.5 Å². The molecule has 1 aliphatic rings. The van der Waals surface area contributed by atoms with Gasteiger partial charge in [0.25, 0.3) is 11.7 Å². The molecule has 1 unspecified atom stereocenters. The summed E-state index contributed by atoms with van der Waals surface area (Å²) in [5.74, 6) is -1.40. The summed E-state index contributed by atoms with van der Waals surface area (Å²) in [7, 11) is 1.54. The normalized spacial score (nSPS) is 17.9. The maximum Gasteiger partial charge on any atom is 0.295 e. The number of amides is 1. The summed E-state index contributed by atoms with van der Waals surface area (Å²) in [5.41, 5.74) is 1.54. The summed E-state index contributed by atoms with van der Waals surface area (Å²) in [6.07, 6.45) is 0. The Labute approximate surface area is 188 Å². The molecule has 170 valence electrons. The lowest BCUT2D eigenvalue weighted by molar-refractivity contribution is -0.140. The van der Waals surface area contributed by atoms with Crippen LogP contribution >= 0.6 is 0 Å². The Morgan fingerprint density at radius 1 is 1.12 bits per heavy atom. The number of carbonyl (C=O) groups is 2. The van der Waals surface area contributed by atoms with Crippen molar-refractivity contribution in [3.63, 3.8) is 0 Å². The van der Waals surface area contributed by atoms with Crippen LogP contribution in [0, 0.1) is 6.92 Å². The molecular weight excluding hydrogens is 408 g/mol. The zero-order valence-electron chi connectivity index (χ0n) is 19.0. The lowest BCUT2D eigenvalue weighted by Gasteiger charge is -2.28. The number of likely N-dealkylation sites (tertiary alicyclic amines) is 1.